The molecule has 294 valence electrons. The van der Waals surface area contributed by atoms with Crippen LogP contribution in [0.1, 0.15) is 64.5 Å². The lowest BCUT2D eigenvalue weighted by Crippen LogP contribution is -2.53. The van der Waals surface area contributed by atoms with Crippen molar-refractivity contribution in [1.29, 1.82) is 0 Å². The molecule has 0 N–H and O–H groups in total. The summed E-state index contributed by atoms with van der Waals surface area (Å²) < 4.78 is 26.4. The minimum atomic E-state index is -1.28. The average Bonchev–Trinajstić information content (AvgIpc) is 3.14. The molecule has 3 rings (SSSR count). The van der Waals surface area contributed by atoms with Gasteiger partial charge in [0.1, 0.15) is 25.8 Å². The fraction of sp³-hybridized carbons (Fsp3) is 0.698. The Labute approximate surface area is 320 Å². The number of carbonyl (C=O) groups is 1. The number of nitrogens with zero attached hydrogens (tertiary/aromatic N) is 2. The Bertz CT molecular complexity index is 1160. The fourth-order valence-electron chi connectivity index (χ4n) is 6.81. The molecule has 1 aliphatic heterocycles. The third-order valence-electron chi connectivity index (χ3n) is 9.99. The highest BCUT2D eigenvalue weighted by Crippen LogP contribution is 2.32. The van der Waals surface area contributed by atoms with Crippen LogP contribution in [-0.2, 0) is 31.8 Å². The number of carbonyl (C=O) groups excluding carboxylic acids is 1. The predicted molar refractivity (Wildman–Crippen MR) is 223 cm³/mol. The summed E-state index contributed by atoms with van der Waals surface area (Å²) in [7, 11) is -2.56. The summed E-state index contributed by atoms with van der Waals surface area (Å²) in [5.41, 5.74) is 2.36. The molecule has 0 bridgehead atoms. The van der Waals surface area contributed by atoms with E-state index in [0.717, 1.165) is 37.8 Å². The summed E-state index contributed by atoms with van der Waals surface area (Å²) in [5.74, 6) is 1.11. The van der Waals surface area contributed by atoms with Gasteiger partial charge in [-0.1, -0.05) is 128 Å². The van der Waals surface area contributed by atoms with Crippen LogP contribution in [0.2, 0.25) is 51.4 Å². The zero-order valence-electron chi connectivity index (χ0n) is 34.6. The van der Waals surface area contributed by atoms with E-state index >= 15 is 4.79 Å². The quantitative estimate of drug-likeness (QED) is 0.0607. The van der Waals surface area contributed by atoms with Crippen LogP contribution in [0.5, 0.6) is 0 Å². The second-order valence-corrected chi connectivity index (χ2v) is 29.4. The Hall–Kier alpha value is -2.02. The SMILES string of the molecule is CC(C)CCCN1C(=O)N(CCCC(C)C)[C@H](Cc2ccccc2)[C@H](OCOCC[Si](C)(C)C)[C@@H](OCOCC[Si](C)(C)C)[C@H]1Cc1ccccc1. The summed E-state index contributed by atoms with van der Waals surface area (Å²) in [4.78, 5) is 19.5. The fourth-order valence-corrected chi connectivity index (χ4v) is 8.32. The number of urea groups is 1. The number of hydrogen-bond donors (Lipinski definition) is 0. The van der Waals surface area contributed by atoms with Crippen LogP contribution in [0.4, 0.5) is 4.79 Å². The van der Waals surface area contributed by atoms with Crippen LogP contribution >= 0.6 is 0 Å². The van der Waals surface area contributed by atoms with Crippen LogP contribution < -0.4 is 0 Å². The second-order valence-electron chi connectivity index (χ2n) is 18.2. The lowest BCUT2D eigenvalue weighted by molar-refractivity contribution is -0.187. The zero-order valence-corrected chi connectivity index (χ0v) is 36.6. The van der Waals surface area contributed by atoms with Gasteiger partial charge in [-0.2, -0.15) is 0 Å². The van der Waals surface area contributed by atoms with Gasteiger partial charge in [0.25, 0.3) is 0 Å². The first-order valence-corrected chi connectivity index (χ1v) is 27.6. The van der Waals surface area contributed by atoms with Gasteiger partial charge in [-0.3, -0.25) is 0 Å². The molecule has 0 saturated carbocycles. The molecule has 7 nitrogen and oxygen atoms in total. The maximum atomic E-state index is 15.3. The third-order valence-corrected chi connectivity index (χ3v) is 13.4. The molecule has 0 spiro atoms. The van der Waals surface area contributed by atoms with Gasteiger partial charge in [0.15, 0.2) is 0 Å². The van der Waals surface area contributed by atoms with Crippen LogP contribution in [0.3, 0.4) is 0 Å². The Morgan fingerprint density at radius 3 is 1.29 bits per heavy atom. The summed E-state index contributed by atoms with van der Waals surface area (Å²) in [5, 5.41) is 0. The van der Waals surface area contributed by atoms with E-state index < -0.39 is 28.4 Å². The highest BCUT2D eigenvalue weighted by atomic mass is 28.3. The smallest absolute Gasteiger partial charge is 0.320 e. The van der Waals surface area contributed by atoms with Crippen molar-refractivity contribution in [2.45, 2.75) is 142 Å². The van der Waals surface area contributed by atoms with Crippen LogP contribution in [-0.4, -0.2) is 96.2 Å². The van der Waals surface area contributed by atoms with E-state index in [1.54, 1.807) is 0 Å². The number of benzene rings is 2. The first-order chi connectivity index (χ1) is 24.6. The number of ether oxygens (including phenoxy) is 4. The molecule has 1 aliphatic rings. The van der Waals surface area contributed by atoms with Gasteiger partial charge < -0.3 is 28.7 Å². The van der Waals surface area contributed by atoms with Crippen molar-refractivity contribution in [3.63, 3.8) is 0 Å². The van der Waals surface area contributed by atoms with E-state index in [1.807, 2.05) is 0 Å². The van der Waals surface area contributed by atoms with Gasteiger partial charge >= 0.3 is 6.03 Å². The van der Waals surface area contributed by atoms with Crippen LogP contribution in [0.15, 0.2) is 60.7 Å². The monoisotopic (exact) mass is 755 g/mol. The molecule has 2 aromatic rings. The normalized spacial score (nSPS) is 20.3. The van der Waals surface area contributed by atoms with Gasteiger partial charge in [-0.15, -0.1) is 0 Å². The lowest BCUT2D eigenvalue weighted by Gasteiger charge is -2.38. The molecule has 0 unspecified atom stereocenters. The van der Waals surface area contributed by atoms with Gasteiger partial charge in [0, 0.05) is 42.5 Å². The van der Waals surface area contributed by atoms with Crippen molar-refractivity contribution in [2.75, 3.05) is 39.9 Å². The molecule has 0 aliphatic carbocycles. The molecule has 1 fully saturated rings. The molecule has 0 aromatic heterocycles. The Balaban J connectivity index is 2.14. The first-order valence-electron chi connectivity index (χ1n) is 20.2. The van der Waals surface area contributed by atoms with Crippen molar-refractivity contribution in [3.8, 4) is 0 Å². The van der Waals surface area contributed by atoms with Crippen molar-refractivity contribution in [1.82, 2.24) is 9.80 Å². The molecule has 0 radical (unpaired) electrons. The summed E-state index contributed by atoms with van der Waals surface area (Å²) in [6, 6.07) is 22.9. The van der Waals surface area contributed by atoms with Gasteiger partial charge in [-0.25, -0.2) is 4.79 Å². The summed E-state index contributed by atoms with van der Waals surface area (Å²) >= 11 is 0. The van der Waals surface area contributed by atoms with E-state index in [-0.39, 0.29) is 31.7 Å². The summed E-state index contributed by atoms with van der Waals surface area (Å²) in [6.45, 7) is 26.3. The maximum absolute atomic E-state index is 15.3. The van der Waals surface area contributed by atoms with Gasteiger partial charge in [0.2, 0.25) is 0 Å². The highest BCUT2D eigenvalue weighted by molar-refractivity contribution is 6.76. The standard InChI is InChI=1S/C43H74N2O5Si2/c1-35(2)19-17-25-44-39(31-37-21-13-11-14-22-37)41(49-33-47-27-29-51(5,6)7)42(50-34-48-28-30-52(8,9)10)40(32-38-23-15-12-16-24-38)45(43(44)46)26-18-20-36(3)4/h11-16,21-24,35-36,39-42H,17-20,25-34H2,1-10H3/t39-,40-,41+,42+/m1/s1. The van der Waals surface area contributed by atoms with Crippen molar-refractivity contribution in [3.05, 3.63) is 71.8 Å². The Morgan fingerprint density at radius 1 is 0.596 bits per heavy atom. The van der Waals surface area contributed by atoms with Crippen LogP contribution in [0, 0.1) is 11.8 Å². The topological polar surface area (TPSA) is 60.5 Å². The predicted octanol–water partition coefficient (Wildman–Crippen LogP) is 10.2. The maximum Gasteiger partial charge on any atom is 0.320 e. The van der Waals surface area contributed by atoms with E-state index in [9.17, 15) is 0 Å². The van der Waals surface area contributed by atoms with E-state index in [0.29, 0.717) is 51.0 Å². The van der Waals surface area contributed by atoms with Gasteiger partial charge in [0.05, 0.1) is 12.1 Å². The minimum Gasteiger partial charge on any atom is -0.356 e. The molecule has 4 atom stereocenters. The van der Waals surface area contributed by atoms with Crippen molar-refractivity contribution < 1.29 is 23.7 Å². The van der Waals surface area contributed by atoms with Crippen LogP contribution in [0.25, 0.3) is 0 Å². The highest BCUT2D eigenvalue weighted by Gasteiger charge is 2.48. The zero-order chi connectivity index (χ0) is 38.1. The van der Waals surface area contributed by atoms with E-state index in [4.69, 9.17) is 18.9 Å². The average molecular weight is 755 g/mol. The molecular formula is C43H74N2O5Si2. The molecule has 1 heterocycles. The van der Waals surface area contributed by atoms with Crippen molar-refractivity contribution >= 4 is 22.2 Å². The minimum absolute atomic E-state index is 0.0911. The molecule has 2 aromatic carbocycles. The van der Waals surface area contributed by atoms with E-state index in [2.05, 4.69) is 137 Å². The second kappa shape index (κ2) is 22.4. The molecule has 52 heavy (non-hydrogen) atoms. The third kappa shape index (κ3) is 16.6. The lowest BCUT2D eigenvalue weighted by atomic mass is 9.90. The first kappa shape index (κ1) is 44.4. The molecule has 1 saturated heterocycles. The molecule has 2 amide bonds. The van der Waals surface area contributed by atoms with E-state index in [1.165, 1.54) is 11.1 Å². The summed E-state index contributed by atoms with van der Waals surface area (Å²) in [6.07, 6.45) is 4.45. The molecular weight excluding hydrogens is 681 g/mol. The van der Waals surface area contributed by atoms with Crippen molar-refractivity contribution in [2.24, 2.45) is 11.8 Å². The Kier molecular flexibility index (Phi) is 19.1. The van der Waals surface area contributed by atoms with Gasteiger partial charge in [-0.05, 0) is 73.6 Å². The number of rotatable bonds is 24. The number of amides is 2. The largest absolute Gasteiger partial charge is 0.356 e. The molecule has 9 heteroatoms. The number of hydrogen-bond acceptors (Lipinski definition) is 5. The Morgan fingerprint density at radius 2 is 0.962 bits per heavy atom.